The molecule has 11 heavy (non-hydrogen) atoms. The van der Waals surface area contributed by atoms with E-state index < -0.39 is 9.05 Å². The third kappa shape index (κ3) is 88.6. The van der Waals surface area contributed by atoms with Crippen LogP contribution in [0.4, 0.5) is 0 Å². The van der Waals surface area contributed by atoms with Gasteiger partial charge in [-0.05, 0) is 10.7 Å². The van der Waals surface area contributed by atoms with E-state index in [0.717, 1.165) is 6.42 Å². The molecule has 0 aliphatic heterocycles. The summed E-state index contributed by atoms with van der Waals surface area (Å²) in [4.78, 5) is 0. The third-order valence-corrected chi connectivity index (χ3v) is 0.604. The molecule has 5 heteroatoms. The van der Waals surface area contributed by atoms with Crippen molar-refractivity contribution in [2.24, 2.45) is 0 Å². The summed E-state index contributed by atoms with van der Waals surface area (Å²) in [7, 11) is 0.947. The minimum absolute atomic E-state index is 0. The van der Waals surface area contributed by atoms with Gasteiger partial charge in [-0.2, -0.15) is 6.42 Å². The molecule has 0 aromatic rings. The predicted molar refractivity (Wildman–Crippen MR) is 45.0 cm³/mol. The summed E-state index contributed by atoms with van der Waals surface area (Å²) in [6.07, 6.45) is 6.16. The average Bonchev–Trinajstić information content (AvgIpc) is 1.63. The van der Waals surface area contributed by atoms with Gasteiger partial charge in [-0.3, -0.25) is 0 Å². The van der Waals surface area contributed by atoms with Crippen LogP contribution in [0.5, 0.6) is 0 Å². The Morgan fingerprint density at radius 2 is 1.73 bits per heavy atom. The molecule has 0 aromatic carbocycles. The molecule has 0 amide bonds. The molecule has 0 atom stereocenters. The van der Waals surface area contributed by atoms with Crippen molar-refractivity contribution in [1.82, 2.24) is 0 Å². The van der Waals surface area contributed by atoms with Crippen molar-refractivity contribution in [3.05, 3.63) is 13.2 Å². The van der Waals surface area contributed by atoms with Crippen LogP contribution in [0.15, 0.2) is 0 Å². The van der Waals surface area contributed by atoms with E-state index in [1.165, 1.54) is 12.8 Å². The predicted octanol–water partition coefficient (Wildman–Crippen LogP) is 2.35. The summed E-state index contributed by atoms with van der Waals surface area (Å²) in [6.45, 7) is 5.85. The maximum atomic E-state index is 9.29. The first-order chi connectivity index (χ1) is 4.41. The molecule has 0 saturated carbocycles. The maximum absolute atomic E-state index is 9.29. The molecule has 0 N–H and O–H groups in total. The van der Waals surface area contributed by atoms with Crippen molar-refractivity contribution in [3.63, 3.8) is 0 Å². The topological polar surface area (TPSA) is 34.1 Å². The second kappa shape index (κ2) is 11.3. The van der Waals surface area contributed by atoms with Crippen LogP contribution in [0.25, 0.3) is 0 Å². The number of halogens is 1. The van der Waals surface area contributed by atoms with Gasteiger partial charge in [0, 0.05) is 32.7 Å². The fourth-order valence-electron chi connectivity index (χ4n) is 0.250. The zero-order valence-electron chi connectivity index (χ0n) is 6.72. The molecule has 0 aliphatic rings. The van der Waals surface area contributed by atoms with Gasteiger partial charge in [0.2, 0.25) is 0 Å². The van der Waals surface area contributed by atoms with Gasteiger partial charge in [0.05, 0.1) is 0 Å². The van der Waals surface area contributed by atoms with Crippen LogP contribution in [-0.4, -0.2) is 8.42 Å². The Morgan fingerprint density at radius 3 is 1.73 bits per heavy atom. The minimum atomic E-state index is -3.44. The van der Waals surface area contributed by atoms with Crippen molar-refractivity contribution < 1.29 is 41.1 Å². The first-order valence-corrected chi connectivity index (χ1v) is 5.46. The van der Waals surface area contributed by atoms with Crippen molar-refractivity contribution >= 4 is 19.7 Å². The van der Waals surface area contributed by atoms with Crippen LogP contribution in [-0.2, 0) is 41.8 Å². The molecule has 0 aliphatic carbocycles. The van der Waals surface area contributed by atoms with E-state index in [0.29, 0.717) is 0 Å². The summed E-state index contributed by atoms with van der Waals surface area (Å²) in [5.74, 6) is 0. The number of hydrogen-bond donors (Lipinski definition) is 0. The van der Waals surface area contributed by atoms with Crippen LogP contribution in [0.2, 0.25) is 0 Å². The second-order valence-electron chi connectivity index (χ2n) is 1.75. The Balaban J connectivity index is -0.000000107. The van der Waals surface area contributed by atoms with Crippen molar-refractivity contribution in [3.8, 4) is 0 Å². The van der Waals surface area contributed by atoms with Crippen LogP contribution in [0, 0.1) is 13.2 Å². The number of rotatable bonds is 2. The van der Waals surface area contributed by atoms with Gasteiger partial charge in [-0.25, -0.2) is 14.7 Å². The van der Waals surface area contributed by atoms with Gasteiger partial charge in [-0.15, -0.1) is 0 Å². The monoisotopic (exact) mass is 273 g/mol. The van der Waals surface area contributed by atoms with Gasteiger partial charge in [0.1, 0.15) is 9.05 Å². The zero-order valence-corrected chi connectivity index (χ0v) is 11.1. The zero-order chi connectivity index (χ0) is 8.62. The molecule has 0 fully saturated rings. The van der Waals surface area contributed by atoms with Gasteiger partial charge >= 0.3 is 0 Å². The molecular weight excluding hydrogens is 260 g/mol. The normalized spacial score (nSPS) is 9.09. The van der Waals surface area contributed by atoms with Crippen LogP contribution >= 0.6 is 10.7 Å². The molecule has 67 valence electrons. The summed E-state index contributed by atoms with van der Waals surface area (Å²) < 4.78 is 18.6. The van der Waals surface area contributed by atoms with Crippen LogP contribution < -0.4 is 0 Å². The van der Waals surface area contributed by atoms with Gasteiger partial charge in [0.15, 0.2) is 0 Å². The molecule has 0 saturated heterocycles. The second-order valence-corrected chi connectivity index (χ2v) is 4.23. The van der Waals surface area contributed by atoms with Gasteiger partial charge in [-0.1, -0.05) is 19.8 Å². The SMILES string of the molecule is [CH2-]CCCC.[CH2-]S(=O)(=O)Cl.[Y]. The van der Waals surface area contributed by atoms with E-state index in [2.05, 4.69) is 30.8 Å². The molecule has 0 aromatic heterocycles. The summed E-state index contributed by atoms with van der Waals surface area (Å²) in [5.41, 5.74) is 0. The molecule has 1 radical (unpaired) electrons. The van der Waals surface area contributed by atoms with E-state index in [-0.39, 0.29) is 32.7 Å². The van der Waals surface area contributed by atoms with E-state index in [1.54, 1.807) is 0 Å². The number of hydrogen-bond acceptors (Lipinski definition) is 2. The fraction of sp³-hybridized carbons (Fsp3) is 0.667. The Morgan fingerprint density at radius 1 is 1.45 bits per heavy atom. The summed E-state index contributed by atoms with van der Waals surface area (Å²) in [6, 6.07) is 0. The Labute approximate surface area is 99.4 Å². The van der Waals surface area contributed by atoms with Crippen LogP contribution in [0.1, 0.15) is 26.2 Å². The summed E-state index contributed by atoms with van der Waals surface area (Å²) >= 11 is 0. The fourth-order valence-corrected chi connectivity index (χ4v) is 0.250. The molecule has 0 bridgehead atoms. The average molecular weight is 274 g/mol. The smallest absolute Gasteiger partial charge is 0.102 e. The molecule has 0 rings (SSSR count). The minimum Gasteiger partial charge on any atom is -0.343 e. The molecule has 0 heterocycles. The Hall–Kier alpha value is 1.34. The van der Waals surface area contributed by atoms with Crippen LogP contribution in [0.3, 0.4) is 0 Å². The first-order valence-electron chi connectivity index (χ1n) is 2.98. The number of unbranched alkanes of at least 4 members (excludes halogenated alkanes) is 2. The largest absolute Gasteiger partial charge is 0.343 e. The van der Waals surface area contributed by atoms with Crippen molar-refractivity contribution in [2.45, 2.75) is 26.2 Å². The molecule has 2 nitrogen and oxygen atoms in total. The standard InChI is InChI=1S/C5H11.CH2ClO2S.Y/c1-3-5-4-2;1-5(2,3)4;/h1,3-5H2,2H3;1H2;/q2*-1;. The molecule has 0 spiro atoms. The Kier molecular flexibility index (Phi) is 18.8. The van der Waals surface area contributed by atoms with Gasteiger partial charge < -0.3 is 6.92 Å². The molecule has 0 unspecified atom stereocenters. The maximum Gasteiger partial charge on any atom is 0.102 e. The molecular formula is C6H13ClO2SY-2. The van der Waals surface area contributed by atoms with Crippen molar-refractivity contribution in [2.75, 3.05) is 0 Å². The van der Waals surface area contributed by atoms with Crippen molar-refractivity contribution in [1.29, 1.82) is 0 Å². The van der Waals surface area contributed by atoms with Gasteiger partial charge in [0.25, 0.3) is 0 Å². The van der Waals surface area contributed by atoms with E-state index in [4.69, 9.17) is 0 Å². The van der Waals surface area contributed by atoms with E-state index in [1.807, 2.05) is 0 Å². The summed E-state index contributed by atoms with van der Waals surface area (Å²) in [5, 5.41) is 0. The van der Waals surface area contributed by atoms with E-state index in [9.17, 15) is 8.42 Å². The van der Waals surface area contributed by atoms with E-state index >= 15 is 0 Å². The first kappa shape index (κ1) is 18.2. The Bertz CT molecular complexity index is 135. The third-order valence-electron chi connectivity index (χ3n) is 0.604. The quantitative estimate of drug-likeness (QED) is 0.572.